The molecule has 4 heteroatoms. The number of hydrogen-bond donors (Lipinski definition) is 0. The van der Waals surface area contributed by atoms with Crippen molar-refractivity contribution < 1.29 is 9.47 Å². The van der Waals surface area contributed by atoms with E-state index in [-0.39, 0.29) is 12.2 Å². The summed E-state index contributed by atoms with van der Waals surface area (Å²) in [5.74, 6) is 0. The Hall–Kier alpha value is -2.76. The molecule has 1 aliphatic heterocycles. The summed E-state index contributed by atoms with van der Waals surface area (Å²) in [5.41, 5.74) is 1.21. The van der Waals surface area contributed by atoms with E-state index in [1.807, 2.05) is 11.8 Å². The van der Waals surface area contributed by atoms with Crippen molar-refractivity contribution in [1.82, 2.24) is 0 Å². The summed E-state index contributed by atoms with van der Waals surface area (Å²) < 4.78 is 11.5. The minimum Gasteiger partial charge on any atom is -0.371 e. The predicted molar refractivity (Wildman–Crippen MR) is 147 cm³/mol. The maximum atomic E-state index is 6.16. The van der Waals surface area contributed by atoms with Crippen LogP contribution < -0.4 is 0 Å². The van der Waals surface area contributed by atoms with Crippen molar-refractivity contribution in [2.75, 3.05) is 13.2 Å². The lowest BCUT2D eigenvalue weighted by atomic mass is 10.1. The lowest BCUT2D eigenvalue weighted by molar-refractivity contribution is 0.0524. The van der Waals surface area contributed by atoms with Crippen LogP contribution >= 0.6 is 23.5 Å². The smallest absolute Gasteiger partial charge is 0.104 e. The molecule has 0 N–H and O–H groups in total. The third-order valence-corrected chi connectivity index (χ3v) is 8.31. The van der Waals surface area contributed by atoms with Crippen LogP contribution in [0.2, 0.25) is 0 Å². The summed E-state index contributed by atoms with van der Waals surface area (Å²) in [7, 11) is 0. The zero-order valence-corrected chi connectivity index (χ0v) is 21.1. The molecule has 1 saturated heterocycles. The molecule has 0 amide bonds. The molecule has 5 aromatic carbocycles. The monoisotopic (exact) mass is 494 g/mol. The average molecular weight is 495 g/mol. The van der Waals surface area contributed by atoms with Gasteiger partial charge in [-0.25, -0.2) is 0 Å². The van der Waals surface area contributed by atoms with Crippen molar-refractivity contribution in [3.8, 4) is 0 Å². The highest BCUT2D eigenvalue weighted by atomic mass is 32.2. The van der Waals surface area contributed by atoms with E-state index in [0.717, 1.165) is 6.61 Å². The van der Waals surface area contributed by atoms with Gasteiger partial charge in [-0.15, -0.1) is 0 Å². The molecule has 1 aliphatic rings. The fourth-order valence-electron chi connectivity index (χ4n) is 4.23. The molecule has 35 heavy (non-hydrogen) atoms. The fraction of sp³-hybridized carbons (Fsp3) is 0.161. The molecule has 2 nitrogen and oxygen atoms in total. The highest BCUT2D eigenvalue weighted by Gasteiger charge is 2.24. The number of epoxide rings is 1. The number of ether oxygens (including phenoxy) is 2. The summed E-state index contributed by atoms with van der Waals surface area (Å²) >= 11 is 3.61. The minimum atomic E-state index is 0.00174. The van der Waals surface area contributed by atoms with Crippen molar-refractivity contribution in [3.05, 3.63) is 109 Å². The van der Waals surface area contributed by atoms with Gasteiger partial charge in [-0.05, 0) is 70.4 Å². The van der Waals surface area contributed by atoms with Gasteiger partial charge in [0.05, 0.1) is 19.3 Å². The van der Waals surface area contributed by atoms with Crippen LogP contribution in [0.25, 0.3) is 21.5 Å². The zero-order chi connectivity index (χ0) is 23.6. The molecule has 1 heterocycles. The Balaban J connectivity index is 1.31. The molecule has 2 unspecified atom stereocenters. The van der Waals surface area contributed by atoms with Gasteiger partial charge in [0.1, 0.15) is 6.10 Å². The van der Waals surface area contributed by atoms with E-state index >= 15 is 0 Å². The first-order valence-corrected chi connectivity index (χ1v) is 13.5. The first-order valence-electron chi connectivity index (χ1n) is 11.9. The first kappa shape index (κ1) is 22.7. The van der Waals surface area contributed by atoms with E-state index in [0.29, 0.717) is 6.61 Å². The Morgan fingerprint density at radius 3 is 1.89 bits per heavy atom. The van der Waals surface area contributed by atoms with Crippen LogP contribution in [0, 0.1) is 0 Å². The molecule has 0 aliphatic carbocycles. The Morgan fingerprint density at radius 1 is 0.714 bits per heavy atom. The van der Waals surface area contributed by atoms with E-state index < -0.39 is 0 Å². The van der Waals surface area contributed by atoms with Gasteiger partial charge in [-0.3, -0.25) is 0 Å². The van der Waals surface area contributed by atoms with Crippen LogP contribution in [0.3, 0.4) is 0 Å². The van der Waals surface area contributed by atoms with Gasteiger partial charge in [0.15, 0.2) is 0 Å². The molecule has 1 fully saturated rings. The minimum absolute atomic E-state index is 0.00174. The lowest BCUT2D eigenvalue weighted by Gasteiger charge is -2.18. The molecule has 174 valence electrons. The molecular formula is C31H26O2S2. The Labute approximate surface area is 214 Å². The number of hydrogen-bond acceptors (Lipinski definition) is 4. The lowest BCUT2D eigenvalue weighted by Crippen LogP contribution is -2.07. The highest BCUT2D eigenvalue weighted by molar-refractivity contribution is 8.00. The van der Waals surface area contributed by atoms with E-state index in [4.69, 9.17) is 9.47 Å². The summed E-state index contributed by atoms with van der Waals surface area (Å²) in [6.45, 7) is 3.60. The van der Waals surface area contributed by atoms with Crippen molar-refractivity contribution in [2.24, 2.45) is 0 Å². The molecule has 0 bridgehead atoms. The van der Waals surface area contributed by atoms with Crippen LogP contribution in [-0.2, 0) is 9.47 Å². The SMILES string of the molecule is CC(OCC1CO1)c1ccc(Sc2ccc3ccccc3c2)cc1Sc1ccc2ccccc2c1. The van der Waals surface area contributed by atoms with E-state index in [1.165, 1.54) is 46.7 Å². The molecule has 0 aromatic heterocycles. The Kier molecular flexibility index (Phi) is 6.53. The van der Waals surface area contributed by atoms with Crippen molar-refractivity contribution in [1.29, 1.82) is 0 Å². The highest BCUT2D eigenvalue weighted by Crippen LogP contribution is 2.40. The van der Waals surface area contributed by atoms with Crippen LogP contribution in [0.4, 0.5) is 0 Å². The van der Waals surface area contributed by atoms with Gasteiger partial charge in [-0.2, -0.15) is 0 Å². The van der Waals surface area contributed by atoms with Crippen LogP contribution in [0.5, 0.6) is 0 Å². The summed E-state index contributed by atoms with van der Waals surface area (Å²) in [6.07, 6.45) is 0.263. The van der Waals surface area contributed by atoms with Gasteiger partial charge in [-0.1, -0.05) is 90.3 Å². The molecular weight excluding hydrogens is 468 g/mol. The molecule has 5 aromatic rings. The van der Waals surface area contributed by atoms with E-state index in [9.17, 15) is 0 Å². The predicted octanol–water partition coefficient (Wildman–Crippen LogP) is 8.77. The average Bonchev–Trinajstić information content (AvgIpc) is 3.72. The summed E-state index contributed by atoms with van der Waals surface area (Å²) in [5, 5.41) is 5.06. The van der Waals surface area contributed by atoms with Crippen LogP contribution in [-0.4, -0.2) is 19.3 Å². The van der Waals surface area contributed by atoms with Crippen LogP contribution in [0.15, 0.2) is 123 Å². The van der Waals surface area contributed by atoms with Gasteiger partial charge in [0.25, 0.3) is 0 Å². The van der Waals surface area contributed by atoms with Crippen molar-refractivity contribution in [3.63, 3.8) is 0 Å². The molecule has 6 rings (SSSR count). The number of rotatable bonds is 8. The van der Waals surface area contributed by atoms with Gasteiger partial charge in [0, 0.05) is 19.6 Å². The molecule has 0 radical (unpaired) electrons. The second-order valence-electron chi connectivity index (χ2n) is 8.85. The maximum absolute atomic E-state index is 6.16. The molecule has 0 saturated carbocycles. The van der Waals surface area contributed by atoms with E-state index in [1.54, 1.807) is 11.8 Å². The fourth-order valence-corrected chi connectivity index (χ4v) is 6.33. The largest absolute Gasteiger partial charge is 0.371 e. The topological polar surface area (TPSA) is 21.8 Å². The Morgan fingerprint density at radius 2 is 1.26 bits per heavy atom. The zero-order valence-electron chi connectivity index (χ0n) is 19.5. The van der Waals surface area contributed by atoms with Gasteiger partial charge >= 0.3 is 0 Å². The second kappa shape index (κ2) is 10.1. The van der Waals surface area contributed by atoms with Gasteiger partial charge < -0.3 is 9.47 Å². The first-order chi connectivity index (χ1) is 17.2. The quantitative estimate of drug-likeness (QED) is 0.201. The third kappa shape index (κ3) is 5.41. The number of fused-ring (bicyclic) bond motifs is 2. The van der Waals surface area contributed by atoms with Gasteiger partial charge in [0.2, 0.25) is 0 Å². The Bertz CT molecular complexity index is 1490. The van der Waals surface area contributed by atoms with Crippen molar-refractivity contribution in [2.45, 2.75) is 38.7 Å². The second-order valence-corrected chi connectivity index (χ2v) is 11.1. The summed E-state index contributed by atoms with van der Waals surface area (Å²) in [6, 6.07) is 37.1. The molecule has 0 spiro atoms. The third-order valence-electron chi connectivity index (χ3n) is 6.26. The maximum Gasteiger partial charge on any atom is 0.104 e. The van der Waals surface area contributed by atoms with Crippen molar-refractivity contribution >= 4 is 45.1 Å². The van der Waals surface area contributed by atoms with Crippen LogP contribution in [0.1, 0.15) is 18.6 Å². The molecule has 2 atom stereocenters. The van der Waals surface area contributed by atoms with E-state index in [2.05, 4.69) is 110 Å². The number of benzene rings is 5. The standard InChI is InChI=1S/C31H26O2S2/c1-21(32-19-26-20-33-26)30-15-14-29(34-27-12-10-22-6-2-4-8-24(22)16-27)18-31(30)35-28-13-11-23-7-3-5-9-25(23)17-28/h2-18,21,26H,19-20H2,1H3. The normalized spacial score (nSPS) is 16.0. The summed E-state index contributed by atoms with van der Waals surface area (Å²) in [4.78, 5) is 4.93.